The highest BCUT2D eigenvalue weighted by molar-refractivity contribution is 5.93. The number of hydrogen-bond acceptors (Lipinski definition) is 5. The summed E-state index contributed by atoms with van der Waals surface area (Å²) < 4.78 is 5.37. The standard InChI is InChI=1S/C16H25N3O4/c1-3-16(8-6-5-7-9-16)11-10-12(23-17-11)19-14(21)13(20)18(4-2)15(19)22/h10,13-14,20-21H,3-9H2,1-2H3. The highest BCUT2D eigenvalue weighted by Crippen LogP contribution is 2.43. The van der Waals surface area contributed by atoms with Gasteiger partial charge in [0.2, 0.25) is 5.88 Å². The van der Waals surface area contributed by atoms with Crippen molar-refractivity contribution in [2.75, 3.05) is 11.4 Å². The Bertz CT molecular complexity index is 567. The molecule has 1 saturated heterocycles. The molecule has 23 heavy (non-hydrogen) atoms. The number of aromatic nitrogens is 1. The van der Waals surface area contributed by atoms with E-state index in [1.807, 2.05) is 0 Å². The molecule has 128 valence electrons. The monoisotopic (exact) mass is 323 g/mol. The average Bonchev–Trinajstić information content (AvgIpc) is 3.13. The maximum Gasteiger partial charge on any atom is 0.331 e. The Morgan fingerprint density at radius 2 is 1.96 bits per heavy atom. The molecule has 2 fully saturated rings. The van der Waals surface area contributed by atoms with E-state index in [2.05, 4.69) is 12.1 Å². The van der Waals surface area contributed by atoms with Crippen LogP contribution in [0, 0.1) is 0 Å². The van der Waals surface area contributed by atoms with Crippen LogP contribution < -0.4 is 4.90 Å². The third-order valence-corrected chi connectivity index (χ3v) is 5.41. The number of likely N-dealkylation sites (N-methyl/N-ethyl adjacent to an activating group) is 1. The van der Waals surface area contributed by atoms with Gasteiger partial charge in [-0.1, -0.05) is 31.3 Å². The van der Waals surface area contributed by atoms with Gasteiger partial charge < -0.3 is 14.7 Å². The topological polar surface area (TPSA) is 90.0 Å². The van der Waals surface area contributed by atoms with Gasteiger partial charge in [0.25, 0.3) is 0 Å². The first-order valence-corrected chi connectivity index (χ1v) is 8.47. The largest absolute Gasteiger partial charge is 0.369 e. The van der Waals surface area contributed by atoms with Crippen molar-refractivity contribution in [2.45, 2.75) is 70.2 Å². The minimum atomic E-state index is -1.34. The molecule has 0 aromatic carbocycles. The lowest BCUT2D eigenvalue weighted by molar-refractivity contribution is -0.0264. The zero-order valence-corrected chi connectivity index (χ0v) is 13.7. The Balaban J connectivity index is 1.88. The number of aliphatic hydroxyl groups is 2. The lowest BCUT2D eigenvalue weighted by Crippen LogP contribution is -2.36. The summed E-state index contributed by atoms with van der Waals surface area (Å²) in [7, 11) is 0. The van der Waals surface area contributed by atoms with Crippen molar-refractivity contribution in [2.24, 2.45) is 0 Å². The molecule has 1 aliphatic heterocycles. The molecule has 2 unspecified atom stereocenters. The van der Waals surface area contributed by atoms with Crippen molar-refractivity contribution >= 4 is 11.9 Å². The van der Waals surface area contributed by atoms with Gasteiger partial charge in [0.15, 0.2) is 12.5 Å². The van der Waals surface area contributed by atoms with Gasteiger partial charge in [-0.2, -0.15) is 0 Å². The Morgan fingerprint density at radius 1 is 1.26 bits per heavy atom. The fourth-order valence-corrected chi connectivity index (χ4v) is 3.85. The Hall–Kier alpha value is -1.60. The van der Waals surface area contributed by atoms with Gasteiger partial charge in [0.05, 0.1) is 5.69 Å². The maximum absolute atomic E-state index is 12.3. The van der Waals surface area contributed by atoms with Crippen LogP contribution >= 0.6 is 0 Å². The lowest BCUT2D eigenvalue weighted by atomic mass is 9.70. The second-order valence-corrected chi connectivity index (χ2v) is 6.51. The zero-order chi connectivity index (χ0) is 16.6. The fourth-order valence-electron chi connectivity index (χ4n) is 3.85. The summed E-state index contributed by atoms with van der Waals surface area (Å²) in [4.78, 5) is 14.6. The molecule has 1 aliphatic carbocycles. The predicted octanol–water partition coefficient (Wildman–Crippen LogP) is 2.19. The summed E-state index contributed by atoms with van der Waals surface area (Å²) in [5.41, 5.74) is 0.843. The average molecular weight is 323 g/mol. The van der Waals surface area contributed by atoms with Gasteiger partial charge in [-0.25, -0.2) is 9.69 Å². The van der Waals surface area contributed by atoms with E-state index in [1.54, 1.807) is 13.0 Å². The molecule has 0 spiro atoms. The number of hydrogen-bond donors (Lipinski definition) is 2. The first kappa shape index (κ1) is 16.3. The van der Waals surface area contributed by atoms with E-state index in [0.29, 0.717) is 6.54 Å². The maximum atomic E-state index is 12.3. The summed E-state index contributed by atoms with van der Waals surface area (Å²) >= 11 is 0. The van der Waals surface area contributed by atoms with Crippen molar-refractivity contribution in [3.8, 4) is 0 Å². The minimum absolute atomic E-state index is 0.00319. The third kappa shape index (κ3) is 2.52. The molecule has 7 nitrogen and oxygen atoms in total. The first-order chi connectivity index (χ1) is 11.0. The van der Waals surface area contributed by atoms with Crippen LogP contribution in [0.5, 0.6) is 0 Å². The fraction of sp³-hybridized carbons (Fsp3) is 0.750. The summed E-state index contributed by atoms with van der Waals surface area (Å²) in [6.07, 6.45) is 4.09. The highest BCUT2D eigenvalue weighted by Gasteiger charge is 2.46. The molecule has 2 atom stereocenters. The van der Waals surface area contributed by atoms with Crippen LogP contribution in [0.3, 0.4) is 0 Å². The van der Waals surface area contributed by atoms with Gasteiger partial charge in [-0.05, 0) is 26.2 Å². The van der Waals surface area contributed by atoms with Crippen molar-refractivity contribution < 1.29 is 19.5 Å². The third-order valence-electron chi connectivity index (χ3n) is 5.41. The Morgan fingerprint density at radius 3 is 2.52 bits per heavy atom. The van der Waals surface area contributed by atoms with Crippen LogP contribution in [0.25, 0.3) is 0 Å². The molecule has 0 radical (unpaired) electrons. The van der Waals surface area contributed by atoms with Gasteiger partial charge in [0, 0.05) is 18.0 Å². The number of urea groups is 1. The molecule has 1 aromatic heterocycles. The molecule has 3 rings (SSSR count). The molecule has 2 heterocycles. The van der Waals surface area contributed by atoms with Crippen molar-refractivity contribution in [3.05, 3.63) is 11.8 Å². The predicted molar refractivity (Wildman–Crippen MR) is 83.8 cm³/mol. The van der Waals surface area contributed by atoms with E-state index in [1.165, 1.54) is 24.2 Å². The quantitative estimate of drug-likeness (QED) is 0.886. The number of carbonyl (C=O) groups excluding carboxylic acids is 1. The van der Waals surface area contributed by atoms with Gasteiger partial charge in [0.1, 0.15) is 0 Å². The van der Waals surface area contributed by atoms with E-state index >= 15 is 0 Å². The van der Waals surface area contributed by atoms with Gasteiger partial charge in [-0.3, -0.25) is 4.90 Å². The van der Waals surface area contributed by atoms with Crippen LogP contribution in [-0.2, 0) is 5.41 Å². The molecule has 7 heteroatoms. The highest BCUT2D eigenvalue weighted by atomic mass is 16.5. The first-order valence-electron chi connectivity index (χ1n) is 8.47. The molecule has 2 aliphatic rings. The summed E-state index contributed by atoms with van der Waals surface area (Å²) in [5.74, 6) is 0.200. The molecule has 0 bridgehead atoms. The van der Waals surface area contributed by atoms with E-state index in [0.717, 1.165) is 29.9 Å². The SMILES string of the molecule is CCN1C(=O)N(c2cc(C3(CC)CCCCC3)no2)C(O)C1O. The number of rotatable bonds is 4. The number of amides is 2. The number of carbonyl (C=O) groups is 1. The second kappa shape index (κ2) is 6.13. The molecular formula is C16H25N3O4. The summed E-state index contributed by atoms with van der Waals surface area (Å²) in [5, 5.41) is 24.3. The molecule has 1 saturated carbocycles. The van der Waals surface area contributed by atoms with Crippen molar-refractivity contribution in [3.63, 3.8) is 0 Å². The normalized spacial score (nSPS) is 27.7. The zero-order valence-electron chi connectivity index (χ0n) is 13.7. The van der Waals surface area contributed by atoms with Crippen molar-refractivity contribution in [1.82, 2.24) is 10.1 Å². The molecule has 2 N–H and O–H groups in total. The van der Waals surface area contributed by atoms with Crippen LogP contribution in [0.1, 0.15) is 58.1 Å². The Kier molecular flexibility index (Phi) is 4.33. The van der Waals surface area contributed by atoms with Crippen LogP contribution in [-0.4, -0.2) is 45.3 Å². The number of nitrogens with zero attached hydrogens (tertiary/aromatic N) is 3. The van der Waals surface area contributed by atoms with Crippen LogP contribution in [0.15, 0.2) is 10.6 Å². The number of aliphatic hydroxyl groups excluding tert-OH is 2. The van der Waals surface area contributed by atoms with Gasteiger partial charge in [-0.15, -0.1) is 0 Å². The number of anilines is 1. The smallest absolute Gasteiger partial charge is 0.331 e. The van der Waals surface area contributed by atoms with E-state index in [4.69, 9.17) is 4.52 Å². The van der Waals surface area contributed by atoms with E-state index in [9.17, 15) is 15.0 Å². The van der Waals surface area contributed by atoms with E-state index in [-0.39, 0.29) is 11.3 Å². The van der Waals surface area contributed by atoms with Crippen molar-refractivity contribution in [1.29, 1.82) is 0 Å². The van der Waals surface area contributed by atoms with Crippen LogP contribution in [0.2, 0.25) is 0 Å². The summed E-state index contributed by atoms with van der Waals surface area (Å²) in [6, 6.07) is 1.28. The van der Waals surface area contributed by atoms with Crippen LogP contribution in [0.4, 0.5) is 10.7 Å². The molecule has 1 aromatic rings. The van der Waals surface area contributed by atoms with E-state index < -0.39 is 18.5 Å². The lowest BCUT2D eigenvalue weighted by Gasteiger charge is -2.34. The van der Waals surface area contributed by atoms with Gasteiger partial charge >= 0.3 is 6.03 Å². The second-order valence-electron chi connectivity index (χ2n) is 6.51. The molecule has 2 amide bonds. The summed E-state index contributed by atoms with van der Waals surface area (Å²) in [6.45, 7) is 4.21. The molecular weight excluding hydrogens is 298 g/mol. The Labute approximate surface area is 135 Å². The minimum Gasteiger partial charge on any atom is -0.369 e.